The Bertz CT molecular complexity index is 1560. The second kappa shape index (κ2) is 10.3. The van der Waals surface area contributed by atoms with Gasteiger partial charge in [0.25, 0.3) is 6.02 Å². The Morgan fingerprint density at radius 3 is 2.10 bits per heavy atom. The lowest BCUT2D eigenvalue weighted by Crippen LogP contribution is -2.43. The maximum Gasteiger partial charge on any atom is 0.340 e. The Morgan fingerprint density at radius 1 is 0.950 bits per heavy atom. The SMILES string of the molecule is C[Si](C)(C)c1cc(C(=O)O)c(F)nc1F.C[Si](C)(C)c1cc2c(nc1F)Oc1ccc(Br)cc1C21COC(N)=N1. The minimum atomic E-state index is -2.05. The molecule has 4 heterocycles. The van der Waals surface area contributed by atoms with Gasteiger partial charge in [-0.25, -0.2) is 9.79 Å². The van der Waals surface area contributed by atoms with Crippen LogP contribution in [-0.4, -0.2) is 49.8 Å². The Balaban J connectivity index is 0.000000212. The molecule has 0 amide bonds. The van der Waals surface area contributed by atoms with Gasteiger partial charge in [-0.1, -0.05) is 55.2 Å². The molecule has 40 heavy (non-hydrogen) atoms. The van der Waals surface area contributed by atoms with E-state index >= 15 is 0 Å². The highest BCUT2D eigenvalue weighted by Crippen LogP contribution is 2.50. The van der Waals surface area contributed by atoms with Crippen molar-refractivity contribution < 1.29 is 32.5 Å². The third-order valence-electron chi connectivity index (χ3n) is 6.49. The Morgan fingerprint density at radius 2 is 1.55 bits per heavy atom. The van der Waals surface area contributed by atoms with Crippen LogP contribution in [0.1, 0.15) is 21.5 Å². The highest BCUT2D eigenvalue weighted by Gasteiger charge is 2.48. The summed E-state index contributed by atoms with van der Waals surface area (Å²) in [7, 11) is -3.99. The number of aromatic carboxylic acids is 1. The number of pyridine rings is 2. The van der Waals surface area contributed by atoms with Crippen LogP contribution in [0.15, 0.2) is 39.8 Å². The lowest BCUT2D eigenvalue weighted by molar-refractivity contribution is 0.0690. The van der Waals surface area contributed by atoms with Crippen molar-refractivity contribution in [3.63, 3.8) is 0 Å². The van der Waals surface area contributed by atoms with Crippen molar-refractivity contribution in [1.82, 2.24) is 9.97 Å². The Labute approximate surface area is 239 Å². The summed E-state index contributed by atoms with van der Waals surface area (Å²) in [5.74, 6) is -3.30. The van der Waals surface area contributed by atoms with Crippen LogP contribution in [0.4, 0.5) is 13.2 Å². The van der Waals surface area contributed by atoms with Crippen LogP contribution in [0, 0.1) is 17.8 Å². The summed E-state index contributed by atoms with van der Waals surface area (Å²) in [4.78, 5) is 22.3. The van der Waals surface area contributed by atoms with Crippen LogP contribution in [0.3, 0.4) is 0 Å². The van der Waals surface area contributed by atoms with Crippen LogP contribution in [0.25, 0.3) is 0 Å². The van der Waals surface area contributed by atoms with E-state index in [4.69, 9.17) is 20.3 Å². The number of amidine groups is 1. The van der Waals surface area contributed by atoms with Crippen molar-refractivity contribution in [3.8, 4) is 11.6 Å². The summed E-state index contributed by atoms with van der Waals surface area (Å²) in [6.07, 6.45) is 0. The maximum absolute atomic E-state index is 14.6. The first kappa shape index (κ1) is 29.7. The first-order valence-corrected chi connectivity index (χ1v) is 20.0. The van der Waals surface area contributed by atoms with Gasteiger partial charge in [0.05, 0.1) is 21.7 Å². The molecule has 0 saturated carbocycles. The lowest BCUT2D eigenvalue weighted by Gasteiger charge is -2.34. The first-order chi connectivity index (χ1) is 18.4. The number of ether oxygens (including phenoxy) is 2. The van der Waals surface area contributed by atoms with Crippen molar-refractivity contribution in [2.24, 2.45) is 10.7 Å². The van der Waals surface area contributed by atoms with E-state index in [0.29, 0.717) is 16.5 Å². The smallest absolute Gasteiger partial charge is 0.340 e. The third kappa shape index (κ3) is 5.52. The molecule has 3 aromatic rings. The van der Waals surface area contributed by atoms with Gasteiger partial charge in [-0.3, -0.25) is 0 Å². The molecule has 0 bridgehead atoms. The van der Waals surface area contributed by atoms with E-state index in [2.05, 4.69) is 50.5 Å². The van der Waals surface area contributed by atoms with Crippen molar-refractivity contribution in [1.29, 1.82) is 0 Å². The fourth-order valence-electron chi connectivity index (χ4n) is 4.39. The molecule has 1 atom stereocenters. The molecule has 1 unspecified atom stereocenters. The zero-order valence-corrected chi connectivity index (χ0v) is 26.3. The summed E-state index contributed by atoms with van der Waals surface area (Å²) in [5.41, 5.74) is 5.91. The van der Waals surface area contributed by atoms with Gasteiger partial charge in [0.2, 0.25) is 23.7 Å². The average molecular weight is 654 g/mol. The number of fused-ring (bicyclic) bond motifs is 4. The van der Waals surface area contributed by atoms with Crippen LogP contribution in [-0.2, 0) is 10.3 Å². The topological polar surface area (TPSA) is 120 Å². The van der Waals surface area contributed by atoms with Crippen molar-refractivity contribution in [3.05, 3.63) is 69.3 Å². The first-order valence-electron chi connectivity index (χ1n) is 12.2. The molecular weight excluding hydrogens is 625 g/mol. The largest absolute Gasteiger partial charge is 0.478 e. The van der Waals surface area contributed by atoms with E-state index in [0.717, 1.165) is 16.1 Å². The number of carboxylic acids is 1. The minimum absolute atomic E-state index is 0.109. The molecule has 0 radical (unpaired) electrons. The highest BCUT2D eigenvalue weighted by molar-refractivity contribution is 9.10. The monoisotopic (exact) mass is 652 g/mol. The number of nitrogens with zero attached hydrogens (tertiary/aromatic N) is 3. The number of nitrogens with two attached hydrogens (primary N) is 1. The standard InChI is InChI=1S/C17H17BrFN3O2Si.C9H11F2NO2Si/c1-25(2,3)13-7-11-15(21-14(13)19)24-12-5-4-9(18)6-10(12)17(11)8-23-16(20)22-17;1-15(2,3)6-4-5(9(13)14)7(10)12-8(6)11/h4-7H,8H2,1-3H3,(H2,20,22);4H,1-3H3,(H,13,14). The molecule has 1 aromatic carbocycles. The van der Waals surface area contributed by atoms with E-state index in [-0.39, 0.29) is 23.7 Å². The molecule has 0 fully saturated rings. The molecule has 1 spiro atoms. The molecular formula is C26H28BrF3N4O4Si2. The Hall–Kier alpha value is -3.24. The number of carboxylic acid groups (broad SMARTS) is 1. The van der Waals surface area contributed by atoms with Gasteiger partial charge >= 0.3 is 5.97 Å². The van der Waals surface area contributed by atoms with Crippen molar-refractivity contribution in [2.75, 3.05) is 6.61 Å². The molecule has 2 aromatic heterocycles. The molecule has 3 N–H and O–H groups in total. The van der Waals surface area contributed by atoms with Crippen molar-refractivity contribution in [2.45, 2.75) is 44.8 Å². The number of benzene rings is 1. The molecule has 0 aliphatic carbocycles. The van der Waals surface area contributed by atoms with E-state index in [1.807, 2.05) is 37.8 Å². The third-order valence-corrected chi connectivity index (χ3v) is 10.9. The second-order valence-electron chi connectivity index (χ2n) is 11.5. The van der Waals surface area contributed by atoms with Gasteiger partial charge in [-0.05, 0) is 40.7 Å². The Kier molecular flexibility index (Phi) is 7.66. The minimum Gasteiger partial charge on any atom is -0.478 e. The highest BCUT2D eigenvalue weighted by atomic mass is 79.9. The zero-order valence-electron chi connectivity index (χ0n) is 22.7. The van der Waals surface area contributed by atoms with Crippen LogP contribution < -0.4 is 20.8 Å². The normalized spacial score (nSPS) is 17.6. The second-order valence-corrected chi connectivity index (χ2v) is 22.5. The van der Waals surface area contributed by atoms with Gasteiger partial charge in [0.1, 0.15) is 17.9 Å². The molecule has 0 saturated heterocycles. The summed E-state index contributed by atoms with van der Waals surface area (Å²) >= 11 is 3.49. The van der Waals surface area contributed by atoms with Gasteiger partial charge in [-0.15, -0.1) is 0 Å². The van der Waals surface area contributed by atoms with E-state index in [1.54, 1.807) is 6.07 Å². The fourth-order valence-corrected chi connectivity index (χ4v) is 7.26. The molecule has 14 heteroatoms. The summed E-state index contributed by atoms with van der Waals surface area (Å²) < 4.78 is 53.1. The number of halogens is 4. The molecule has 2 aliphatic heterocycles. The molecule has 2 aliphatic rings. The predicted octanol–water partition coefficient (Wildman–Crippen LogP) is 4.83. The summed E-state index contributed by atoms with van der Waals surface area (Å²) in [5, 5.41) is 9.52. The van der Waals surface area contributed by atoms with Crippen LogP contribution in [0.5, 0.6) is 11.6 Å². The summed E-state index contributed by atoms with van der Waals surface area (Å²) in [6.45, 7) is 11.9. The maximum atomic E-state index is 14.6. The number of aliphatic imine (C=N–C) groups is 1. The van der Waals surface area contributed by atoms with Crippen LogP contribution >= 0.6 is 15.9 Å². The number of carbonyl (C=O) groups is 1. The lowest BCUT2D eigenvalue weighted by atomic mass is 9.82. The van der Waals surface area contributed by atoms with E-state index in [9.17, 15) is 18.0 Å². The van der Waals surface area contributed by atoms with Gasteiger partial charge < -0.3 is 20.3 Å². The van der Waals surface area contributed by atoms with Crippen LogP contribution in [0.2, 0.25) is 39.3 Å². The molecule has 212 valence electrons. The predicted molar refractivity (Wildman–Crippen MR) is 154 cm³/mol. The number of rotatable bonds is 3. The molecule has 8 nitrogen and oxygen atoms in total. The van der Waals surface area contributed by atoms with Crippen molar-refractivity contribution >= 4 is 54.4 Å². The number of hydrogen-bond acceptors (Lipinski definition) is 7. The van der Waals surface area contributed by atoms with E-state index in [1.165, 1.54) is 0 Å². The number of aromatic nitrogens is 2. The molecule has 5 rings (SSSR count). The quantitative estimate of drug-likeness (QED) is 0.307. The van der Waals surface area contributed by atoms with Gasteiger partial charge in [-0.2, -0.15) is 23.1 Å². The summed E-state index contributed by atoms with van der Waals surface area (Å²) in [6, 6.07) is 8.58. The van der Waals surface area contributed by atoms with E-state index < -0.39 is 51.1 Å². The average Bonchev–Trinajstić information content (AvgIpc) is 3.20. The van der Waals surface area contributed by atoms with Gasteiger partial charge in [0.15, 0.2) is 5.54 Å². The fraction of sp³-hybridized carbons (Fsp3) is 0.308. The van der Waals surface area contributed by atoms with Gasteiger partial charge in [0, 0.05) is 10.0 Å². The number of hydrogen-bond donors (Lipinski definition) is 2. The zero-order chi connectivity index (χ0) is 29.8.